The Bertz CT molecular complexity index is 1350. The van der Waals surface area contributed by atoms with Crippen molar-refractivity contribution in [1.82, 2.24) is 9.88 Å². The second-order valence-electron chi connectivity index (χ2n) is 8.14. The number of hydrogen-bond acceptors (Lipinski definition) is 3. The number of ether oxygens (including phenoxy) is 1. The average Bonchev–Trinajstić information content (AvgIpc) is 2.85. The Balaban J connectivity index is 1.68. The largest absolute Gasteiger partial charge is 0.494 e. The van der Waals surface area contributed by atoms with Crippen LogP contribution in [0.4, 0.5) is 4.39 Å². The predicted molar refractivity (Wildman–Crippen MR) is 132 cm³/mol. The number of pyridine rings is 1. The van der Waals surface area contributed by atoms with Gasteiger partial charge in [0.1, 0.15) is 11.6 Å². The minimum absolute atomic E-state index is 0.116. The molecule has 4 aromatic rings. The first-order valence-corrected chi connectivity index (χ1v) is 11.4. The molecular formula is C28H27FN2O3. The van der Waals surface area contributed by atoms with E-state index in [0.29, 0.717) is 23.5 Å². The first-order valence-electron chi connectivity index (χ1n) is 11.4. The average molecular weight is 459 g/mol. The smallest absolute Gasteiger partial charge is 0.254 e. The molecule has 0 atom stereocenters. The molecule has 1 amide bonds. The van der Waals surface area contributed by atoms with Gasteiger partial charge in [0.05, 0.1) is 13.2 Å². The summed E-state index contributed by atoms with van der Waals surface area (Å²) in [4.78, 5) is 30.8. The van der Waals surface area contributed by atoms with E-state index in [-0.39, 0.29) is 30.4 Å². The zero-order valence-electron chi connectivity index (χ0n) is 19.3. The van der Waals surface area contributed by atoms with Crippen molar-refractivity contribution in [3.63, 3.8) is 0 Å². The molecule has 0 aliphatic rings. The van der Waals surface area contributed by atoms with Crippen LogP contribution in [0.3, 0.4) is 0 Å². The minimum atomic E-state index is -0.342. The molecular weight excluding hydrogens is 431 g/mol. The van der Waals surface area contributed by atoms with Gasteiger partial charge in [-0.05, 0) is 84.5 Å². The van der Waals surface area contributed by atoms with Crippen molar-refractivity contribution in [1.29, 1.82) is 0 Å². The summed E-state index contributed by atoms with van der Waals surface area (Å²) in [5.74, 6) is 0.113. The lowest BCUT2D eigenvalue weighted by molar-refractivity contribution is 0.0729. The highest BCUT2D eigenvalue weighted by Crippen LogP contribution is 2.19. The fraction of sp³-hybridized carbons (Fsp3) is 0.214. The van der Waals surface area contributed by atoms with E-state index < -0.39 is 0 Å². The Kier molecular flexibility index (Phi) is 7.07. The molecule has 3 aromatic carbocycles. The van der Waals surface area contributed by atoms with E-state index in [1.54, 1.807) is 41.3 Å². The summed E-state index contributed by atoms with van der Waals surface area (Å²) in [5.41, 5.74) is 3.43. The van der Waals surface area contributed by atoms with Crippen LogP contribution in [0.25, 0.3) is 10.9 Å². The molecule has 1 aromatic heterocycles. The highest BCUT2D eigenvalue weighted by Gasteiger charge is 2.19. The molecule has 0 spiro atoms. The third kappa shape index (κ3) is 5.34. The number of aromatic nitrogens is 1. The molecule has 0 saturated carbocycles. The van der Waals surface area contributed by atoms with E-state index in [2.05, 4.69) is 11.9 Å². The van der Waals surface area contributed by atoms with Gasteiger partial charge >= 0.3 is 0 Å². The molecule has 5 nitrogen and oxygen atoms in total. The summed E-state index contributed by atoms with van der Waals surface area (Å²) in [6, 6.07) is 20.7. The second-order valence-corrected chi connectivity index (χ2v) is 8.14. The fourth-order valence-electron chi connectivity index (χ4n) is 3.90. The number of benzene rings is 3. The van der Waals surface area contributed by atoms with Crippen LogP contribution in [0, 0.1) is 5.82 Å². The summed E-state index contributed by atoms with van der Waals surface area (Å²) in [6.45, 7) is 4.86. The molecule has 6 heteroatoms. The van der Waals surface area contributed by atoms with Crippen molar-refractivity contribution in [2.24, 2.45) is 0 Å². The van der Waals surface area contributed by atoms with E-state index >= 15 is 0 Å². The molecule has 0 aliphatic carbocycles. The lowest BCUT2D eigenvalue weighted by Crippen LogP contribution is -2.32. The molecule has 34 heavy (non-hydrogen) atoms. The number of nitrogens with zero attached hydrogens (tertiary/aromatic N) is 1. The number of carbonyl (C=O) groups excluding carboxylic acids is 1. The zero-order valence-corrected chi connectivity index (χ0v) is 19.3. The van der Waals surface area contributed by atoms with Gasteiger partial charge in [0.15, 0.2) is 0 Å². The first kappa shape index (κ1) is 23.2. The molecule has 4 rings (SSSR count). The maximum Gasteiger partial charge on any atom is 0.254 e. The van der Waals surface area contributed by atoms with Crippen LogP contribution in [0.15, 0.2) is 77.6 Å². The van der Waals surface area contributed by atoms with Crippen molar-refractivity contribution in [3.8, 4) is 5.75 Å². The Hall–Kier alpha value is -3.93. The van der Waals surface area contributed by atoms with Gasteiger partial charge in [-0.3, -0.25) is 9.59 Å². The highest BCUT2D eigenvalue weighted by atomic mass is 19.1. The standard InChI is InChI=1S/C28H27FN2O3/c1-3-19-7-14-26-22(15-19)16-23(27(32)30-26)18-31(17-20-5-10-24(29)11-6-20)28(33)21-8-12-25(13-9-21)34-4-2/h5-16H,3-4,17-18H2,1-2H3,(H,30,32). The zero-order chi connectivity index (χ0) is 24.1. The van der Waals surface area contributed by atoms with Gasteiger partial charge in [0, 0.05) is 23.2 Å². The molecule has 0 aliphatic heterocycles. The van der Waals surface area contributed by atoms with Gasteiger partial charge in [-0.2, -0.15) is 0 Å². The van der Waals surface area contributed by atoms with Crippen molar-refractivity contribution in [2.45, 2.75) is 33.4 Å². The number of hydrogen-bond donors (Lipinski definition) is 1. The van der Waals surface area contributed by atoms with Gasteiger partial charge in [-0.15, -0.1) is 0 Å². The number of aromatic amines is 1. The van der Waals surface area contributed by atoms with Gasteiger partial charge < -0.3 is 14.6 Å². The molecule has 0 fully saturated rings. The molecule has 174 valence electrons. The maximum absolute atomic E-state index is 13.5. The normalized spacial score (nSPS) is 10.9. The monoisotopic (exact) mass is 458 g/mol. The number of fused-ring (bicyclic) bond motifs is 1. The number of aryl methyl sites for hydroxylation is 1. The van der Waals surface area contributed by atoms with Crippen LogP contribution < -0.4 is 10.3 Å². The quantitative estimate of drug-likeness (QED) is 0.381. The third-order valence-electron chi connectivity index (χ3n) is 5.74. The maximum atomic E-state index is 13.5. The molecule has 0 saturated heterocycles. The predicted octanol–water partition coefficient (Wildman–Crippen LogP) is 5.47. The van der Waals surface area contributed by atoms with E-state index in [1.165, 1.54) is 17.7 Å². The first-order chi connectivity index (χ1) is 16.5. The summed E-state index contributed by atoms with van der Waals surface area (Å²) >= 11 is 0. The van der Waals surface area contributed by atoms with Crippen LogP contribution in [-0.4, -0.2) is 22.4 Å². The number of rotatable bonds is 8. The molecule has 0 bridgehead atoms. The fourth-order valence-corrected chi connectivity index (χ4v) is 3.90. The van der Waals surface area contributed by atoms with E-state index in [9.17, 15) is 14.0 Å². The number of carbonyl (C=O) groups is 1. The molecule has 0 radical (unpaired) electrons. The number of nitrogens with one attached hydrogen (secondary N) is 1. The third-order valence-corrected chi connectivity index (χ3v) is 5.74. The lowest BCUT2D eigenvalue weighted by atomic mass is 10.1. The molecule has 1 heterocycles. The Labute approximate surface area is 197 Å². The lowest BCUT2D eigenvalue weighted by Gasteiger charge is -2.23. The number of amides is 1. The van der Waals surface area contributed by atoms with Crippen molar-refractivity contribution in [3.05, 3.63) is 111 Å². The van der Waals surface area contributed by atoms with Crippen molar-refractivity contribution < 1.29 is 13.9 Å². The number of H-pyrrole nitrogens is 1. The summed E-state index contributed by atoms with van der Waals surface area (Å²) in [7, 11) is 0. The minimum Gasteiger partial charge on any atom is -0.494 e. The SMILES string of the molecule is CCOc1ccc(C(=O)N(Cc2ccc(F)cc2)Cc2cc3cc(CC)ccc3[nH]c2=O)cc1. The summed E-state index contributed by atoms with van der Waals surface area (Å²) in [5, 5.41) is 0.921. The van der Waals surface area contributed by atoms with Crippen LogP contribution in [0.2, 0.25) is 0 Å². The Morgan fingerprint density at radius 3 is 2.29 bits per heavy atom. The van der Waals surface area contributed by atoms with Gasteiger partial charge in [-0.1, -0.05) is 25.1 Å². The van der Waals surface area contributed by atoms with E-state index in [4.69, 9.17) is 4.74 Å². The Morgan fingerprint density at radius 1 is 0.912 bits per heavy atom. The van der Waals surface area contributed by atoms with Gasteiger partial charge in [0.25, 0.3) is 11.5 Å². The molecule has 1 N–H and O–H groups in total. The summed E-state index contributed by atoms with van der Waals surface area (Å²) in [6.07, 6.45) is 0.886. The van der Waals surface area contributed by atoms with Crippen molar-refractivity contribution in [2.75, 3.05) is 6.61 Å². The Morgan fingerprint density at radius 2 is 1.62 bits per heavy atom. The molecule has 0 unspecified atom stereocenters. The summed E-state index contributed by atoms with van der Waals surface area (Å²) < 4.78 is 18.9. The van der Waals surface area contributed by atoms with Crippen LogP contribution >= 0.6 is 0 Å². The van der Waals surface area contributed by atoms with Crippen LogP contribution in [-0.2, 0) is 19.5 Å². The van der Waals surface area contributed by atoms with Gasteiger partial charge in [0.2, 0.25) is 0 Å². The van der Waals surface area contributed by atoms with E-state index in [0.717, 1.165) is 22.9 Å². The number of halogens is 1. The van der Waals surface area contributed by atoms with Gasteiger partial charge in [-0.25, -0.2) is 4.39 Å². The topological polar surface area (TPSA) is 62.4 Å². The van der Waals surface area contributed by atoms with E-state index in [1.807, 2.05) is 31.2 Å². The van der Waals surface area contributed by atoms with Crippen LogP contribution in [0.1, 0.15) is 40.9 Å². The van der Waals surface area contributed by atoms with Crippen molar-refractivity contribution >= 4 is 16.8 Å². The highest BCUT2D eigenvalue weighted by molar-refractivity contribution is 5.94. The second kappa shape index (κ2) is 10.3. The van der Waals surface area contributed by atoms with Crippen LogP contribution in [0.5, 0.6) is 5.75 Å².